The van der Waals surface area contributed by atoms with Gasteiger partial charge in [0.05, 0.1) is 12.0 Å². The standard InChI is InChI=1S/C19H16N2O2S2/c1-12-11-15-17(22)20-19(21-18(15)25-12)24-10-9-23-16-8-4-6-13-5-2-3-7-14(13)16/h2-8,11H,9-10H2,1H3,(H,20,21,22). The second-order valence-electron chi connectivity index (χ2n) is 5.62. The third-order valence-corrected chi connectivity index (χ3v) is 5.62. The van der Waals surface area contributed by atoms with Crippen molar-refractivity contribution < 1.29 is 4.74 Å². The van der Waals surface area contributed by atoms with Crippen molar-refractivity contribution in [1.29, 1.82) is 0 Å². The number of aromatic amines is 1. The van der Waals surface area contributed by atoms with E-state index < -0.39 is 0 Å². The predicted octanol–water partition coefficient (Wildman–Crippen LogP) is 4.62. The van der Waals surface area contributed by atoms with Crippen LogP contribution in [0.1, 0.15) is 4.88 Å². The molecule has 0 spiro atoms. The normalized spacial score (nSPS) is 11.2. The van der Waals surface area contributed by atoms with Gasteiger partial charge in [-0.15, -0.1) is 11.3 Å². The largest absolute Gasteiger partial charge is 0.492 e. The number of fused-ring (bicyclic) bond motifs is 2. The van der Waals surface area contributed by atoms with Crippen molar-refractivity contribution in [3.05, 3.63) is 63.8 Å². The molecule has 4 nitrogen and oxygen atoms in total. The number of rotatable bonds is 5. The van der Waals surface area contributed by atoms with Gasteiger partial charge in [0.2, 0.25) is 0 Å². The van der Waals surface area contributed by atoms with Crippen LogP contribution in [0, 0.1) is 6.92 Å². The lowest BCUT2D eigenvalue weighted by atomic mass is 10.1. The Balaban J connectivity index is 1.43. The fourth-order valence-corrected chi connectivity index (χ4v) is 4.33. The van der Waals surface area contributed by atoms with Crippen LogP contribution in [0.25, 0.3) is 21.0 Å². The summed E-state index contributed by atoms with van der Waals surface area (Å²) in [6, 6.07) is 16.1. The van der Waals surface area contributed by atoms with E-state index in [1.54, 1.807) is 11.3 Å². The minimum absolute atomic E-state index is 0.0770. The van der Waals surface area contributed by atoms with Crippen LogP contribution in [0.3, 0.4) is 0 Å². The Morgan fingerprint density at radius 1 is 1.16 bits per heavy atom. The molecule has 0 bridgehead atoms. The molecule has 25 heavy (non-hydrogen) atoms. The van der Waals surface area contributed by atoms with Gasteiger partial charge in [-0.25, -0.2) is 4.98 Å². The summed E-state index contributed by atoms with van der Waals surface area (Å²) >= 11 is 3.04. The van der Waals surface area contributed by atoms with Crippen LogP contribution in [0.15, 0.2) is 58.5 Å². The molecule has 126 valence electrons. The lowest BCUT2D eigenvalue weighted by molar-refractivity contribution is 0.348. The summed E-state index contributed by atoms with van der Waals surface area (Å²) in [4.78, 5) is 21.3. The Morgan fingerprint density at radius 2 is 2.00 bits per heavy atom. The van der Waals surface area contributed by atoms with Crippen LogP contribution in [0.5, 0.6) is 5.75 Å². The third-order valence-electron chi connectivity index (χ3n) is 3.83. The maximum atomic E-state index is 12.1. The highest BCUT2D eigenvalue weighted by Gasteiger charge is 2.08. The predicted molar refractivity (Wildman–Crippen MR) is 105 cm³/mol. The van der Waals surface area contributed by atoms with Crippen LogP contribution in [-0.4, -0.2) is 22.3 Å². The van der Waals surface area contributed by atoms with Crippen LogP contribution in [0.4, 0.5) is 0 Å². The fraction of sp³-hybridized carbons (Fsp3) is 0.158. The highest BCUT2D eigenvalue weighted by Crippen LogP contribution is 2.26. The Hall–Kier alpha value is -2.31. The van der Waals surface area contributed by atoms with Gasteiger partial charge in [0.15, 0.2) is 5.16 Å². The molecule has 4 rings (SSSR count). The SMILES string of the molecule is Cc1cc2c(=O)[nH]c(SCCOc3cccc4ccccc34)nc2s1. The third kappa shape index (κ3) is 3.41. The number of nitrogens with one attached hydrogen (secondary N) is 1. The molecule has 0 aliphatic rings. The number of hydrogen-bond acceptors (Lipinski definition) is 5. The summed E-state index contributed by atoms with van der Waals surface area (Å²) in [6.45, 7) is 2.53. The second-order valence-corrected chi connectivity index (χ2v) is 7.94. The highest BCUT2D eigenvalue weighted by atomic mass is 32.2. The van der Waals surface area contributed by atoms with Gasteiger partial charge >= 0.3 is 0 Å². The van der Waals surface area contributed by atoms with Crippen LogP contribution >= 0.6 is 23.1 Å². The van der Waals surface area contributed by atoms with E-state index >= 15 is 0 Å². The molecule has 2 aromatic carbocycles. The molecular formula is C19H16N2O2S2. The summed E-state index contributed by atoms with van der Waals surface area (Å²) in [7, 11) is 0. The van der Waals surface area contributed by atoms with Crippen molar-refractivity contribution in [3.63, 3.8) is 0 Å². The number of H-pyrrole nitrogens is 1. The quantitative estimate of drug-likeness (QED) is 0.317. The van der Waals surface area contributed by atoms with Gasteiger partial charge in [-0.3, -0.25) is 4.79 Å². The summed E-state index contributed by atoms with van der Waals surface area (Å²) in [5.41, 5.74) is -0.0770. The maximum absolute atomic E-state index is 12.1. The lowest BCUT2D eigenvalue weighted by Crippen LogP contribution is -2.08. The molecular weight excluding hydrogens is 352 g/mol. The first-order valence-electron chi connectivity index (χ1n) is 7.94. The Bertz CT molecular complexity index is 1100. The molecule has 0 saturated heterocycles. The molecule has 0 aliphatic carbocycles. The van der Waals surface area contributed by atoms with Crippen molar-refractivity contribution in [2.45, 2.75) is 12.1 Å². The van der Waals surface area contributed by atoms with E-state index in [4.69, 9.17) is 4.74 Å². The van der Waals surface area contributed by atoms with Crippen LogP contribution < -0.4 is 10.3 Å². The molecule has 0 unspecified atom stereocenters. The molecule has 0 saturated carbocycles. The number of thiophene rings is 1. The summed E-state index contributed by atoms with van der Waals surface area (Å²) in [5, 5.41) is 3.58. The second kappa shape index (κ2) is 6.90. The molecule has 1 N–H and O–H groups in total. The molecule has 2 aromatic heterocycles. The minimum Gasteiger partial charge on any atom is -0.492 e. The Labute approximate surface area is 152 Å². The van der Waals surface area contributed by atoms with E-state index in [0.29, 0.717) is 22.9 Å². The van der Waals surface area contributed by atoms with Crippen molar-refractivity contribution in [2.75, 3.05) is 12.4 Å². The molecule has 4 aromatic rings. The number of hydrogen-bond donors (Lipinski definition) is 1. The summed E-state index contributed by atoms with van der Waals surface area (Å²) in [6.07, 6.45) is 0. The number of thioether (sulfide) groups is 1. The molecule has 0 aliphatic heterocycles. The number of aryl methyl sites for hydroxylation is 1. The topological polar surface area (TPSA) is 55.0 Å². The smallest absolute Gasteiger partial charge is 0.260 e. The zero-order valence-corrected chi connectivity index (χ0v) is 15.2. The molecule has 0 atom stereocenters. The van der Waals surface area contributed by atoms with Crippen LogP contribution in [-0.2, 0) is 0 Å². The molecule has 0 fully saturated rings. The van der Waals surface area contributed by atoms with Gasteiger partial charge in [0.1, 0.15) is 10.6 Å². The van der Waals surface area contributed by atoms with E-state index in [0.717, 1.165) is 26.2 Å². The zero-order valence-electron chi connectivity index (χ0n) is 13.6. The first-order chi connectivity index (χ1) is 12.2. The van der Waals surface area contributed by atoms with Gasteiger partial charge in [0.25, 0.3) is 5.56 Å². The van der Waals surface area contributed by atoms with E-state index in [9.17, 15) is 4.79 Å². The molecule has 2 heterocycles. The highest BCUT2D eigenvalue weighted by molar-refractivity contribution is 7.99. The molecule has 0 amide bonds. The summed E-state index contributed by atoms with van der Waals surface area (Å²) < 4.78 is 5.92. The van der Waals surface area contributed by atoms with E-state index in [2.05, 4.69) is 28.2 Å². The van der Waals surface area contributed by atoms with E-state index in [1.807, 2.05) is 37.3 Å². The van der Waals surface area contributed by atoms with Crippen LogP contribution in [0.2, 0.25) is 0 Å². The van der Waals surface area contributed by atoms with Gasteiger partial charge < -0.3 is 9.72 Å². The first kappa shape index (κ1) is 16.2. The number of nitrogens with zero attached hydrogens (tertiary/aromatic N) is 1. The average Bonchev–Trinajstić information content (AvgIpc) is 3.00. The Kier molecular flexibility index (Phi) is 4.46. The molecule has 6 heteroatoms. The van der Waals surface area contributed by atoms with Crippen molar-refractivity contribution in [2.24, 2.45) is 0 Å². The lowest BCUT2D eigenvalue weighted by Gasteiger charge is -2.09. The summed E-state index contributed by atoms with van der Waals surface area (Å²) in [5.74, 6) is 1.59. The van der Waals surface area contributed by atoms with Gasteiger partial charge in [-0.2, -0.15) is 0 Å². The van der Waals surface area contributed by atoms with Gasteiger partial charge in [-0.05, 0) is 24.4 Å². The fourth-order valence-electron chi connectivity index (χ4n) is 2.71. The molecule has 0 radical (unpaired) electrons. The monoisotopic (exact) mass is 368 g/mol. The van der Waals surface area contributed by atoms with Crippen molar-refractivity contribution >= 4 is 44.1 Å². The van der Waals surface area contributed by atoms with Gasteiger partial charge in [0, 0.05) is 16.0 Å². The van der Waals surface area contributed by atoms with Crippen molar-refractivity contribution in [1.82, 2.24) is 9.97 Å². The number of aromatic nitrogens is 2. The zero-order chi connectivity index (χ0) is 17.2. The maximum Gasteiger partial charge on any atom is 0.260 e. The average molecular weight is 368 g/mol. The van der Waals surface area contributed by atoms with Gasteiger partial charge in [-0.1, -0.05) is 48.2 Å². The number of ether oxygens (including phenoxy) is 1. The van der Waals surface area contributed by atoms with E-state index in [-0.39, 0.29) is 5.56 Å². The first-order valence-corrected chi connectivity index (χ1v) is 9.75. The minimum atomic E-state index is -0.0770. The number of benzene rings is 2. The van der Waals surface area contributed by atoms with E-state index in [1.165, 1.54) is 11.8 Å². The Morgan fingerprint density at radius 3 is 2.92 bits per heavy atom. The van der Waals surface area contributed by atoms with Crippen molar-refractivity contribution in [3.8, 4) is 5.75 Å².